The molecule has 0 spiro atoms. The number of nitro groups is 1. The van der Waals surface area contributed by atoms with Gasteiger partial charge >= 0.3 is 0 Å². The van der Waals surface area contributed by atoms with Crippen LogP contribution >= 0.6 is 11.6 Å². The van der Waals surface area contributed by atoms with Crippen LogP contribution in [0, 0.1) is 10.1 Å². The highest BCUT2D eigenvalue weighted by Crippen LogP contribution is 2.28. The van der Waals surface area contributed by atoms with Crippen molar-refractivity contribution in [3.63, 3.8) is 0 Å². The maximum Gasteiger partial charge on any atom is 0.271 e. The summed E-state index contributed by atoms with van der Waals surface area (Å²) < 4.78 is 28.8. The SMILES string of the molecule is CC(C)NC(=O)C(Cc1ccccc1)N(Cc1cccc(Cl)c1)C(=O)CN(c1cccc([N+](=O)[O-])c1)S(=O)(=O)c1ccccc1. The number of hydrogen-bond acceptors (Lipinski definition) is 6. The van der Waals surface area contributed by atoms with E-state index in [0.29, 0.717) is 10.6 Å². The molecule has 10 nitrogen and oxygen atoms in total. The van der Waals surface area contributed by atoms with Crippen LogP contribution in [0.5, 0.6) is 0 Å². The van der Waals surface area contributed by atoms with E-state index in [9.17, 15) is 28.1 Å². The van der Waals surface area contributed by atoms with Gasteiger partial charge in [-0.1, -0.05) is 78.3 Å². The minimum atomic E-state index is -4.39. The van der Waals surface area contributed by atoms with Crippen LogP contribution < -0.4 is 9.62 Å². The van der Waals surface area contributed by atoms with Crippen LogP contribution in [-0.2, 0) is 32.6 Å². The van der Waals surface area contributed by atoms with Gasteiger partial charge in [0.15, 0.2) is 0 Å². The number of sulfonamides is 1. The van der Waals surface area contributed by atoms with Crippen LogP contribution in [0.25, 0.3) is 0 Å². The molecule has 1 unspecified atom stereocenters. The third kappa shape index (κ3) is 8.68. The number of non-ortho nitro benzene ring substituents is 1. The van der Waals surface area contributed by atoms with Crippen LogP contribution in [0.3, 0.4) is 0 Å². The van der Waals surface area contributed by atoms with Crippen molar-refractivity contribution in [2.45, 2.75) is 43.8 Å². The van der Waals surface area contributed by atoms with Crippen molar-refractivity contribution in [3.8, 4) is 0 Å². The summed E-state index contributed by atoms with van der Waals surface area (Å²) in [5.41, 5.74) is 0.995. The molecule has 0 aliphatic heterocycles. The lowest BCUT2D eigenvalue weighted by atomic mass is 10.0. The van der Waals surface area contributed by atoms with E-state index < -0.39 is 39.3 Å². The number of carbonyl (C=O) groups excluding carboxylic acids is 2. The highest BCUT2D eigenvalue weighted by molar-refractivity contribution is 7.92. The molecule has 0 heterocycles. The number of nitrogens with zero attached hydrogens (tertiary/aromatic N) is 3. The Kier molecular flexibility index (Phi) is 10.9. The lowest BCUT2D eigenvalue weighted by Gasteiger charge is -2.34. The zero-order chi connectivity index (χ0) is 32.6. The zero-order valence-electron chi connectivity index (χ0n) is 24.7. The first-order valence-electron chi connectivity index (χ1n) is 14.2. The van der Waals surface area contributed by atoms with E-state index in [1.54, 1.807) is 44.2 Å². The molecule has 0 fully saturated rings. The van der Waals surface area contributed by atoms with Gasteiger partial charge in [-0.3, -0.25) is 24.0 Å². The van der Waals surface area contributed by atoms with Crippen LogP contribution in [0.4, 0.5) is 11.4 Å². The van der Waals surface area contributed by atoms with E-state index in [4.69, 9.17) is 11.6 Å². The smallest absolute Gasteiger partial charge is 0.271 e. The Morgan fingerprint density at radius 2 is 1.49 bits per heavy atom. The van der Waals surface area contributed by atoms with Gasteiger partial charge in [-0.25, -0.2) is 8.42 Å². The number of benzene rings is 4. The number of amides is 2. The molecule has 0 bridgehead atoms. The molecule has 4 aromatic carbocycles. The highest BCUT2D eigenvalue weighted by atomic mass is 35.5. The molecule has 0 saturated heterocycles. The fourth-order valence-electron chi connectivity index (χ4n) is 4.78. The van der Waals surface area contributed by atoms with Gasteiger partial charge in [0.25, 0.3) is 15.7 Å². The van der Waals surface area contributed by atoms with Crippen molar-refractivity contribution in [3.05, 3.63) is 135 Å². The first-order chi connectivity index (χ1) is 21.5. The molecule has 0 saturated carbocycles. The Bertz CT molecular complexity index is 1750. The van der Waals surface area contributed by atoms with Crippen molar-refractivity contribution in [1.29, 1.82) is 0 Å². The van der Waals surface area contributed by atoms with Crippen LogP contribution in [-0.4, -0.2) is 48.7 Å². The van der Waals surface area contributed by atoms with Crippen molar-refractivity contribution < 1.29 is 22.9 Å². The number of nitrogens with one attached hydrogen (secondary N) is 1. The van der Waals surface area contributed by atoms with E-state index in [-0.39, 0.29) is 35.3 Å². The average molecular weight is 649 g/mol. The van der Waals surface area contributed by atoms with E-state index in [1.807, 2.05) is 30.3 Å². The van der Waals surface area contributed by atoms with Gasteiger partial charge in [-0.15, -0.1) is 0 Å². The second kappa shape index (κ2) is 14.8. The summed E-state index contributed by atoms with van der Waals surface area (Å²) in [6.07, 6.45) is 0.147. The Balaban J connectivity index is 1.83. The number of nitro benzene ring substituents is 1. The van der Waals surface area contributed by atoms with Crippen molar-refractivity contribution in [2.75, 3.05) is 10.8 Å². The molecule has 0 aromatic heterocycles. The number of hydrogen-bond donors (Lipinski definition) is 1. The monoisotopic (exact) mass is 648 g/mol. The number of halogens is 1. The van der Waals surface area contributed by atoms with Crippen LogP contribution in [0.2, 0.25) is 5.02 Å². The van der Waals surface area contributed by atoms with Crippen LogP contribution in [0.1, 0.15) is 25.0 Å². The molecular weight excluding hydrogens is 616 g/mol. The molecule has 0 aliphatic rings. The summed E-state index contributed by atoms with van der Waals surface area (Å²) >= 11 is 6.26. The zero-order valence-corrected chi connectivity index (χ0v) is 26.3. The van der Waals surface area contributed by atoms with Crippen molar-refractivity contribution in [2.24, 2.45) is 0 Å². The predicted octanol–water partition coefficient (Wildman–Crippen LogP) is 5.61. The van der Waals surface area contributed by atoms with Gasteiger partial charge in [0.2, 0.25) is 11.8 Å². The summed E-state index contributed by atoms with van der Waals surface area (Å²) in [4.78, 5) is 40.3. The Hall–Kier alpha value is -4.74. The molecule has 0 aliphatic carbocycles. The maximum absolute atomic E-state index is 14.4. The Labute approximate surface area is 267 Å². The molecule has 45 heavy (non-hydrogen) atoms. The molecule has 2 amide bonds. The van der Waals surface area contributed by atoms with E-state index >= 15 is 0 Å². The Morgan fingerprint density at radius 1 is 0.867 bits per heavy atom. The molecule has 1 atom stereocenters. The van der Waals surface area contributed by atoms with Gasteiger partial charge < -0.3 is 10.2 Å². The van der Waals surface area contributed by atoms with E-state index in [2.05, 4.69) is 5.32 Å². The quantitative estimate of drug-likeness (QED) is 0.148. The topological polar surface area (TPSA) is 130 Å². The van der Waals surface area contributed by atoms with E-state index in [0.717, 1.165) is 15.9 Å². The number of carbonyl (C=O) groups is 2. The molecule has 1 N–H and O–H groups in total. The van der Waals surface area contributed by atoms with Gasteiger partial charge in [-0.2, -0.15) is 0 Å². The van der Waals surface area contributed by atoms with Crippen molar-refractivity contribution in [1.82, 2.24) is 10.2 Å². The first-order valence-corrected chi connectivity index (χ1v) is 16.0. The summed E-state index contributed by atoms with van der Waals surface area (Å²) in [5, 5.41) is 14.9. The van der Waals surface area contributed by atoms with E-state index in [1.165, 1.54) is 47.4 Å². The van der Waals surface area contributed by atoms with Gasteiger partial charge in [0.05, 0.1) is 15.5 Å². The second-order valence-electron chi connectivity index (χ2n) is 10.6. The van der Waals surface area contributed by atoms with Crippen LogP contribution in [0.15, 0.2) is 114 Å². The van der Waals surface area contributed by atoms with Gasteiger partial charge in [0, 0.05) is 36.2 Å². The number of rotatable bonds is 13. The lowest BCUT2D eigenvalue weighted by Crippen LogP contribution is -2.54. The highest BCUT2D eigenvalue weighted by Gasteiger charge is 2.35. The fraction of sp³-hybridized carbons (Fsp3) is 0.212. The number of anilines is 1. The molecule has 4 rings (SSSR count). The Morgan fingerprint density at radius 3 is 2.11 bits per heavy atom. The fourth-order valence-corrected chi connectivity index (χ4v) is 6.42. The largest absolute Gasteiger partial charge is 0.352 e. The standard InChI is InChI=1S/C33H33ClN4O6S/c1-24(2)35-33(40)31(20-25-11-5-3-6-12-25)36(22-26-13-9-14-27(34)19-26)32(39)23-37(28-15-10-16-29(21-28)38(41)42)45(43,44)30-17-7-4-8-18-30/h3-19,21,24,31H,20,22-23H2,1-2H3,(H,35,40). The van der Waals surface area contributed by atoms with Gasteiger partial charge in [-0.05, 0) is 55.3 Å². The third-order valence-corrected chi connectivity index (χ3v) is 8.91. The lowest BCUT2D eigenvalue weighted by molar-refractivity contribution is -0.384. The molecule has 4 aromatic rings. The van der Waals surface area contributed by atoms with Gasteiger partial charge in [0.1, 0.15) is 12.6 Å². The summed E-state index contributed by atoms with van der Waals surface area (Å²) in [7, 11) is -4.39. The summed E-state index contributed by atoms with van der Waals surface area (Å²) in [5.74, 6) is -1.11. The molecule has 234 valence electrons. The van der Waals surface area contributed by atoms with Crippen molar-refractivity contribution >= 4 is 44.8 Å². The predicted molar refractivity (Wildman–Crippen MR) is 173 cm³/mol. The molecular formula is C33H33ClN4O6S. The third-order valence-electron chi connectivity index (χ3n) is 6.88. The maximum atomic E-state index is 14.4. The normalized spacial score (nSPS) is 11.9. The minimum Gasteiger partial charge on any atom is -0.352 e. The minimum absolute atomic E-state index is 0.0590. The molecule has 12 heteroatoms. The summed E-state index contributed by atoms with van der Waals surface area (Å²) in [6, 6.07) is 27.3. The summed E-state index contributed by atoms with van der Waals surface area (Å²) in [6.45, 7) is 2.81. The first kappa shape index (κ1) is 33.2. The second-order valence-corrected chi connectivity index (χ2v) is 12.9. The molecule has 0 radical (unpaired) electrons. The average Bonchev–Trinajstić information content (AvgIpc) is 3.02.